The summed E-state index contributed by atoms with van der Waals surface area (Å²) in [5.41, 5.74) is 0.474. The third-order valence-electron chi connectivity index (χ3n) is 3.97. The van der Waals surface area contributed by atoms with Crippen molar-refractivity contribution in [1.82, 2.24) is 14.9 Å². The van der Waals surface area contributed by atoms with Crippen molar-refractivity contribution in [1.29, 1.82) is 0 Å². The van der Waals surface area contributed by atoms with E-state index < -0.39 is 5.60 Å². The number of benzene rings is 1. The van der Waals surface area contributed by atoms with Gasteiger partial charge in [-0.25, -0.2) is 14.8 Å². The van der Waals surface area contributed by atoms with Crippen molar-refractivity contribution in [3.05, 3.63) is 30.6 Å². The molecule has 0 spiro atoms. The minimum Gasteiger partial charge on any atom is -0.444 e. The summed E-state index contributed by atoms with van der Waals surface area (Å²) in [6.07, 6.45) is 2.25. The van der Waals surface area contributed by atoms with Gasteiger partial charge in [-0.1, -0.05) is 12.1 Å². The largest absolute Gasteiger partial charge is 0.444 e. The molecule has 2 heterocycles. The topological polar surface area (TPSA) is 58.6 Å². The molecule has 2 aromatic rings. The van der Waals surface area contributed by atoms with E-state index in [0.717, 1.165) is 36.2 Å². The molecule has 0 radical (unpaired) electrons. The third-order valence-corrected chi connectivity index (χ3v) is 3.97. The predicted octanol–water partition coefficient (Wildman–Crippen LogP) is 3.08. The van der Waals surface area contributed by atoms with E-state index in [-0.39, 0.29) is 6.09 Å². The molecular formula is C18H24N4O2. The fourth-order valence-electron chi connectivity index (χ4n) is 2.88. The van der Waals surface area contributed by atoms with Gasteiger partial charge in [-0.15, -0.1) is 0 Å². The van der Waals surface area contributed by atoms with E-state index in [0.29, 0.717) is 13.1 Å². The Morgan fingerprint density at radius 1 is 1.08 bits per heavy atom. The van der Waals surface area contributed by atoms with Crippen LogP contribution in [0.2, 0.25) is 0 Å². The Labute approximate surface area is 142 Å². The predicted molar refractivity (Wildman–Crippen MR) is 94.2 cm³/mol. The molecule has 0 saturated carbocycles. The van der Waals surface area contributed by atoms with Crippen LogP contribution in [-0.2, 0) is 4.74 Å². The maximum atomic E-state index is 12.3. The lowest BCUT2D eigenvalue weighted by molar-refractivity contribution is 0.0263. The van der Waals surface area contributed by atoms with Gasteiger partial charge in [-0.2, -0.15) is 0 Å². The SMILES string of the molecule is CC(C)(C)OC(=O)N1CCCN(c2ncnc3ccccc23)CC1. The second kappa shape index (κ2) is 6.63. The molecule has 1 fully saturated rings. The highest BCUT2D eigenvalue weighted by molar-refractivity contribution is 5.89. The van der Waals surface area contributed by atoms with Gasteiger partial charge < -0.3 is 14.5 Å². The number of rotatable bonds is 1. The Hall–Kier alpha value is -2.37. The van der Waals surface area contributed by atoms with Crippen molar-refractivity contribution in [2.75, 3.05) is 31.1 Å². The summed E-state index contributed by atoms with van der Waals surface area (Å²) in [7, 11) is 0. The number of hydrogen-bond donors (Lipinski definition) is 0. The number of nitrogens with zero attached hydrogens (tertiary/aromatic N) is 4. The molecule has 3 rings (SSSR count). The molecule has 0 bridgehead atoms. The Morgan fingerprint density at radius 2 is 1.88 bits per heavy atom. The number of amides is 1. The first kappa shape index (κ1) is 16.5. The summed E-state index contributed by atoms with van der Waals surface area (Å²) in [5.74, 6) is 0.937. The second-order valence-corrected chi connectivity index (χ2v) is 7.02. The Morgan fingerprint density at radius 3 is 2.67 bits per heavy atom. The summed E-state index contributed by atoms with van der Waals surface area (Å²) in [6, 6.07) is 8.01. The molecule has 1 aromatic heterocycles. The molecule has 128 valence electrons. The monoisotopic (exact) mass is 328 g/mol. The highest BCUT2D eigenvalue weighted by Crippen LogP contribution is 2.23. The molecule has 1 aliphatic rings. The zero-order valence-corrected chi connectivity index (χ0v) is 14.5. The highest BCUT2D eigenvalue weighted by atomic mass is 16.6. The first-order chi connectivity index (χ1) is 11.4. The van der Waals surface area contributed by atoms with Crippen LogP contribution < -0.4 is 4.90 Å². The summed E-state index contributed by atoms with van der Waals surface area (Å²) in [5, 5.41) is 1.05. The Balaban J connectivity index is 1.75. The molecule has 1 amide bonds. The molecule has 0 unspecified atom stereocenters. The zero-order valence-electron chi connectivity index (χ0n) is 14.5. The van der Waals surface area contributed by atoms with Crippen molar-refractivity contribution in [3.63, 3.8) is 0 Å². The van der Waals surface area contributed by atoms with Crippen LogP contribution in [0.3, 0.4) is 0 Å². The van der Waals surface area contributed by atoms with Gasteiger partial charge in [-0.3, -0.25) is 0 Å². The van der Waals surface area contributed by atoms with Crippen LogP contribution >= 0.6 is 0 Å². The van der Waals surface area contributed by atoms with Crippen molar-refractivity contribution < 1.29 is 9.53 Å². The van der Waals surface area contributed by atoms with E-state index >= 15 is 0 Å². The molecule has 24 heavy (non-hydrogen) atoms. The van der Waals surface area contributed by atoms with Crippen molar-refractivity contribution >= 4 is 22.8 Å². The maximum Gasteiger partial charge on any atom is 0.410 e. The van der Waals surface area contributed by atoms with Gasteiger partial charge in [0.2, 0.25) is 0 Å². The Kier molecular flexibility index (Phi) is 4.55. The van der Waals surface area contributed by atoms with Crippen molar-refractivity contribution in [2.24, 2.45) is 0 Å². The van der Waals surface area contributed by atoms with Crippen LogP contribution in [0.15, 0.2) is 30.6 Å². The molecule has 0 aliphatic carbocycles. The average Bonchev–Trinajstić information content (AvgIpc) is 2.79. The van der Waals surface area contributed by atoms with Gasteiger partial charge >= 0.3 is 6.09 Å². The van der Waals surface area contributed by atoms with Gasteiger partial charge in [0.05, 0.1) is 5.52 Å². The number of carbonyl (C=O) groups excluding carboxylic acids is 1. The van der Waals surface area contributed by atoms with Crippen LogP contribution in [0.25, 0.3) is 10.9 Å². The standard InChI is InChI=1S/C18H24N4O2/c1-18(2,3)24-17(23)22-10-6-9-21(11-12-22)16-14-7-4-5-8-15(14)19-13-20-16/h4-5,7-8,13H,6,9-12H2,1-3H3. The summed E-state index contributed by atoms with van der Waals surface area (Å²) < 4.78 is 5.49. The van der Waals surface area contributed by atoms with Crippen LogP contribution in [-0.4, -0.2) is 52.7 Å². The molecule has 0 atom stereocenters. The number of ether oxygens (including phenoxy) is 1. The van der Waals surface area contributed by atoms with E-state index in [9.17, 15) is 4.79 Å². The van der Waals surface area contributed by atoms with Crippen molar-refractivity contribution in [2.45, 2.75) is 32.8 Å². The van der Waals surface area contributed by atoms with Gasteiger partial charge in [-0.05, 0) is 39.3 Å². The number of para-hydroxylation sites is 1. The minimum atomic E-state index is -0.466. The summed E-state index contributed by atoms with van der Waals surface area (Å²) in [6.45, 7) is 8.61. The zero-order chi connectivity index (χ0) is 17.2. The molecule has 1 aliphatic heterocycles. The molecule has 1 aromatic carbocycles. The van der Waals surface area contributed by atoms with E-state index in [1.165, 1.54) is 0 Å². The normalized spacial score (nSPS) is 16.1. The van der Waals surface area contributed by atoms with Gasteiger partial charge in [0.1, 0.15) is 17.7 Å². The molecule has 6 heteroatoms. The number of hydrogen-bond acceptors (Lipinski definition) is 5. The van der Waals surface area contributed by atoms with E-state index in [4.69, 9.17) is 4.74 Å². The summed E-state index contributed by atoms with van der Waals surface area (Å²) >= 11 is 0. The quantitative estimate of drug-likeness (QED) is 0.805. The number of aromatic nitrogens is 2. The second-order valence-electron chi connectivity index (χ2n) is 7.02. The smallest absolute Gasteiger partial charge is 0.410 e. The van der Waals surface area contributed by atoms with Gasteiger partial charge in [0.25, 0.3) is 0 Å². The first-order valence-corrected chi connectivity index (χ1v) is 8.37. The number of carbonyl (C=O) groups is 1. The number of fused-ring (bicyclic) bond motifs is 1. The fraction of sp³-hybridized carbons (Fsp3) is 0.500. The van der Waals surface area contributed by atoms with Crippen LogP contribution in [0.5, 0.6) is 0 Å². The minimum absolute atomic E-state index is 0.239. The maximum absolute atomic E-state index is 12.3. The van der Waals surface area contributed by atoms with Crippen molar-refractivity contribution in [3.8, 4) is 0 Å². The average molecular weight is 328 g/mol. The van der Waals surface area contributed by atoms with E-state index in [1.807, 2.05) is 45.0 Å². The van der Waals surface area contributed by atoms with Crippen LogP contribution in [0.4, 0.5) is 10.6 Å². The van der Waals surface area contributed by atoms with E-state index in [1.54, 1.807) is 11.2 Å². The Bertz CT molecular complexity index is 721. The highest BCUT2D eigenvalue weighted by Gasteiger charge is 2.25. The third kappa shape index (κ3) is 3.75. The molecule has 6 nitrogen and oxygen atoms in total. The van der Waals surface area contributed by atoms with Gasteiger partial charge in [0.15, 0.2) is 0 Å². The lowest BCUT2D eigenvalue weighted by Gasteiger charge is -2.26. The molecule has 1 saturated heterocycles. The fourth-order valence-corrected chi connectivity index (χ4v) is 2.88. The molecule has 0 N–H and O–H groups in total. The van der Waals surface area contributed by atoms with E-state index in [2.05, 4.69) is 14.9 Å². The lowest BCUT2D eigenvalue weighted by atomic mass is 10.2. The van der Waals surface area contributed by atoms with Crippen LogP contribution in [0.1, 0.15) is 27.2 Å². The van der Waals surface area contributed by atoms with Gasteiger partial charge in [0, 0.05) is 31.6 Å². The molecular weight excluding hydrogens is 304 g/mol. The number of anilines is 1. The summed E-state index contributed by atoms with van der Waals surface area (Å²) in [4.78, 5) is 25.1. The lowest BCUT2D eigenvalue weighted by Crippen LogP contribution is -2.39. The first-order valence-electron chi connectivity index (χ1n) is 8.37. The van der Waals surface area contributed by atoms with Crippen LogP contribution in [0, 0.1) is 0 Å².